The van der Waals surface area contributed by atoms with Crippen LogP contribution in [0.5, 0.6) is 0 Å². The molecule has 0 unspecified atom stereocenters. The molecule has 140 valence electrons. The van der Waals surface area contributed by atoms with Crippen LogP contribution in [0.4, 0.5) is 11.5 Å². The highest BCUT2D eigenvalue weighted by molar-refractivity contribution is 5.83. The zero-order valence-electron chi connectivity index (χ0n) is 15.9. The van der Waals surface area contributed by atoms with Crippen LogP contribution in [0.15, 0.2) is 60.7 Å². The van der Waals surface area contributed by atoms with Gasteiger partial charge in [0, 0.05) is 24.2 Å². The van der Waals surface area contributed by atoms with Gasteiger partial charge in [-0.3, -0.25) is 4.57 Å². The lowest BCUT2D eigenvalue weighted by Gasteiger charge is -2.22. The van der Waals surface area contributed by atoms with Crippen LogP contribution < -0.4 is 10.6 Å². The van der Waals surface area contributed by atoms with Crippen molar-refractivity contribution in [2.75, 3.05) is 17.2 Å². The smallest absolute Gasteiger partial charge is 0.236 e. The number of hydrogen-bond donors (Lipinski definition) is 2. The predicted octanol–water partition coefficient (Wildman–Crippen LogP) is 4.70. The Labute approximate surface area is 164 Å². The second-order valence-corrected chi connectivity index (χ2v) is 7.24. The Hall–Kier alpha value is -3.34. The van der Waals surface area contributed by atoms with Crippen molar-refractivity contribution in [3.63, 3.8) is 0 Å². The fraction of sp³-hybridized carbons (Fsp3) is 0.217. The van der Waals surface area contributed by atoms with E-state index in [2.05, 4.69) is 76.7 Å². The van der Waals surface area contributed by atoms with Gasteiger partial charge in [-0.15, -0.1) is 0 Å². The number of hydrogen-bond acceptors (Lipinski definition) is 4. The number of fused-ring (bicyclic) bond motifs is 2. The molecule has 1 aliphatic heterocycles. The van der Waals surface area contributed by atoms with Gasteiger partial charge in [0.15, 0.2) is 5.82 Å². The van der Waals surface area contributed by atoms with E-state index in [-0.39, 0.29) is 0 Å². The molecular formula is C23H23N5. The van der Waals surface area contributed by atoms with Crippen molar-refractivity contribution in [2.24, 2.45) is 0 Å². The van der Waals surface area contributed by atoms with Crippen LogP contribution in [-0.4, -0.2) is 21.1 Å². The maximum Gasteiger partial charge on any atom is 0.236 e. The standard InChI is InChI=1S/C23H23N5/c1-16-14-18-10-5-6-12-20(18)28(16)23-26-19-11-7-13-24-21(19)22(27-23)25-15-17-8-3-2-4-9-17/h2-6,8-10,12,14,24H,7,11,13,15H2,1H3,(H,25,26,27). The van der Waals surface area contributed by atoms with Gasteiger partial charge < -0.3 is 10.6 Å². The molecule has 0 saturated carbocycles. The van der Waals surface area contributed by atoms with Gasteiger partial charge >= 0.3 is 0 Å². The van der Waals surface area contributed by atoms with E-state index in [9.17, 15) is 0 Å². The third-order valence-electron chi connectivity index (χ3n) is 5.26. The lowest BCUT2D eigenvalue weighted by Crippen LogP contribution is -2.19. The highest BCUT2D eigenvalue weighted by atomic mass is 15.2. The van der Waals surface area contributed by atoms with Crippen molar-refractivity contribution in [2.45, 2.75) is 26.3 Å². The van der Waals surface area contributed by atoms with E-state index in [0.29, 0.717) is 0 Å². The molecule has 2 aromatic heterocycles. The van der Waals surface area contributed by atoms with Crippen molar-refractivity contribution in [3.8, 4) is 5.95 Å². The SMILES string of the molecule is Cc1cc2ccccc2n1-c1nc2c(c(NCc3ccccc3)n1)NCCC2. The summed E-state index contributed by atoms with van der Waals surface area (Å²) >= 11 is 0. The number of rotatable bonds is 4. The van der Waals surface area contributed by atoms with Crippen LogP contribution in [0, 0.1) is 6.92 Å². The molecule has 0 fully saturated rings. The third kappa shape index (κ3) is 2.99. The summed E-state index contributed by atoms with van der Waals surface area (Å²) in [6.07, 6.45) is 2.06. The van der Waals surface area contributed by atoms with Crippen molar-refractivity contribution in [1.29, 1.82) is 0 Å². The van der Waals surface area contributed by atoms with E-state index < -0.39 is 0 Å². The summed E-state index contributed by atoms with van der Waals surface area (Å²) in [5.74, 6) is 1.61. The summed E-state index contributed by atoms with van der Waals surface area (Å²) in [7, 11) is 0. The van der Waals surface area contributed by atoms with E-state index in [0.717, 1.165) is 60.3 Å². The lowest BCUT2D eigenvalue weighted by atomic mass is 10.1. The summed E-state index contributed by atoms with van der Waals surface area (Å²) < 4.78 is 2.15. The molecule has 28 heavy (non-hydrogen) atoms. The van der Waals surface area contributed by atoms with Crippen LogP contribution >= 0.6 is 0 Å². The summed E-state index contributed by atoms with van der Waals surface area (Å²) in [6, 6.07) is 21.0. The maximum absolute atomic E-state index is 4.93. The molecule has 0 saturated heterocycles. The van der Waals surface area contributed by atoms with Gasteiger partial charge in [0.05, 0.1) is 16.9 Å². The van der Waals surface area contributed by atoms with Crippen LogP contribution in [0.1, 0.15) is 23.4 Å². The van der Waals surface area contributed by atoms with E-state index in [4.69, 9.17) is 9.97 Å². The molecule has 0 aliphatic carbocycles. The predicted molar refractivity (Wildman–Crippen MR) is 114 cm³/mol. The summed E-state index contributed by atoms with van der Waals surface area (Å²) in [6.45, 7) is 3.80. The summed E-state index contributed by atoms with van der Waals surface area (Å²) in [5, 5.41) is 8.23. The fourth-order valence-electron chi connectivity index (χ4n) is 3.90. The fourth-order valence-corrected chi connectivity index (χ4v) is 3.90. The Morgan fingerprint density at radius 1 is 1.04 bits per heavy atom. The average Bonchev–Trinajstić information content (AvgIpc) is 3.08. The van der Waals surface area contributed by atoms with Crippen LogP contribution in [0.2, 0.25) is 0 Å². The van der Waals surface area contributed by atoms with Crippen LogP contribution in [0.25, 0.3) is 16.9 Å². The molecule has 0 atom stereocenters. The van der Waals surface area contributed by atoms with Crippen molar-refractivity contribution >= 4 is 22.4 Å². The molecule has 0 spiro atoms. The number of aromatic nitrogens is 3. The highest BCUT2D eigenvalue weighted by Gasteiger charge is 2.19. The van der Waals surface area contributed by atoms with Crippen molar-refractivity contribution < 1.29 is 0 Å². The largest absolute Gasteiger partial charge is 0.381 e. The molecule has 1 aliphatic rings. The molecule has 0 amide bonds. The maximum atomic E-state index is 4.93. The zero-order valence-corrected chi connectivity index (χ0v) is 15.9. The molecule has 2 aromatic carbocycles. The minimum Gasteiger partial charge on any atom is -0.381 e. The molecule has 2 N–H and O–H groups in total. The normalized spacial score (nSPS) is 13.2. The zero-order chi connectivity index (χ0) is 18.9. The molecule has 4 aromatic rings. The van der Waals surface area contributed by atoms with Gasteiger partial charge in [0.1, 0.15) is 0 Å². The quantitative estimate of drug-likeness (QED) is 0.547. The highest BCUT2D eigenvalue weighted by Crippen LogP contribution is 2.30. The Morgan fingerprint density at radius 2 is 1.86 bits per heavy atom. The monoisotopic (exact) mass is 369 g/mol. The van der Waals surface area contributed by atoms with Crippen LogP contribution in [0.3, 0.4) is 0 Å². The minimum atomic E-state index is 0.733. The Balaban J connectivity index is 1.60. The summed E-state index contributed by atoms with van der Waals surface area (Å²) in [4.78, 5) is 9.86. The molecule has 5 nitrogen and oxygen atoms in total. The molecule has 3 heterocycles. The Morgan fingerprint density at radius 3 is 2.75 bits per heavy atom. The molecule has 5 heteroatoms. The van der Waals surface area contributed by atoms with Gasteiger partial charge in [0.2, 0.25) is 5.95 Å². The number of aryl methyl sites for hydroxylation is 2. The molecule has 0 bridgehead atoms. The van der Waals surface area contributed by atoms with Crippen molar-refractivity contribution in [3.05, 3.63) is 77.6 Å². The number of benzene rings is 2. The van der Waals surface area contributed by atoms with E-state index >= 15 is 0 Å². The number of para-hydroxylation sites is 1. The lowest BCUT2D eigenvalue weighted by molar-refractivity contribution is 0.779. The number of anilines is 2. The number of nitrogens with one attached hydrogen (secondary N) is 2. The first-order chi connectivity index (χ1) is 13.8. The van der Waals surface area contributed by atoms with Crippen molar-refractivity contribution in [1.82, 2.24) is 14.5 Å². The van der Waals surface area contributed by atoms with Gasteiger partial charge in [-0.25, -0.2) is 4.98 Å². The van der Waals surface area contributed by atoms with E-state index in [1.807, 2.05) is 6.07 Å². The third-order valence-corrected chi connectivity index (χ3v) is 5.26. The molecular weight excluding hydrogens is 346 g/mol. The minimum absolute atomic E-state index is 0.733. The van der Waals surface area contributed by atoms with Gasteiger partial charge in [-0.2, -0.15) is 4.98 Å². The second-order valence-electron chi connectivity index (χ2n) is 7.24. The first-order valence-electron chi connectivity index (χ1n) is 9.79. The number of nitrogens with zero attached hydrogens (tertiary/aromatic N) is 3. The van der Waals surface area contributed by atoms with E-state index in [1.165, 1.54) is 10.9 Å². The average molecular weight is 369 g/mol. The Bertz CT molecular complexity index is 1130. The van der Waals surface area contributed by atoms with Crippen LogP contribution in [-0.2, 0) is 13.0 Å². The first-order valence-corrected chi connectivity index (χ1v) is 9.79. The van der Waals surface area contributed by atoms with E-state index in [1.54, 1.807) is 0 Å². The molecule has 0 radical (unpaired) electrons. The summed E-state index contributed by atoms with van der Waals surface area (Å²) in [5.41, 5.74) is 5.63. The van der Waals surface area contributed by atoms with Gasteiger partial charge in [0.25, 0.3) is 0 Å². The first kappa shape index (κ1) is 16.8. The molecule has 5 rings (SSSR count). The Kier molecular flexibility index (Phi) is 4.20. The van der Waals surface area contributed by atoms with Gasteiger partial charge in [-0.05, 0) is 37.5 Å². The van der Waals surface area contributed by atoms with Gasteiger partial charge in [-0.1, -0.05) is 48.5 Å². The topological polar surface area (TPSA) is 54.8 Å². The second kappa shape index (κ2) is 7.00.